The van der Waals surface area contributed by atoms with Crippen LogP contribution in [0.1, 0.15) is 24.2 Å². The van der Waals surface area contributed by atoms with E-state index in [1.54, 1.807) is 13.8 Å². The van der Waals surface area contributed by atoms with Crippen molar-refractivity contribution >= 4 is 17.5 Å². The Balaban J connectivity index is 2.92. The Morgan fingerprint density at radius 3 is 2.55 bits per heavy atom. The molecule has 1 aromatic rings. The van der Waals surface area contributed by atoms with Crippen LogP contribution in [0.15, 0.2) is 18.2 Å². The molecule has 0 aliphatic carbocycles. The van der Waals surface area contributed by atoms with Crippen LogP contribution in [0.3, 0.4) is 0 Å². The third kappa shape index (κ3) is 3.22. The Kier molecular flexibility index (Phi) is 4.28. The van der Waals surface area contributed by atoms with Crippen LogP contribution in [-0.2, 0) is 4.79 Å². The van der Waals surface area contributed by atoms with Crippen molar-refractivity contribution < 1.29 is 19.6 Å². The summed E-state index contributed by atoms with van der Waals surface area (Å²) in [5.41, 5.74) is 3.39. The summed E-state index contributed by atoms with van der Waals surface area (Å²) in [7, 11) is 0. The Labute approximate surface area is 114 Å². The normalized spacial score (nSPS) is 10.9. The van der Waals surface area contributed by atoms with E-state index in [0.29, 0.717) is 0 Å². The van der Waals surface area contributed by atoms with Gasteiger partial charge < -0.3 is 16.2 Å². The largest absolute Gasteiger partial charge is 0.502 e. The number of carbonyl (C=O) groups excluding carboxylic acids is 2. The molecule has 108 valence electrons. The molecule has 0 radical (unpaired) electrons. The van der Waals surface area contributed by atoms with Gasteiger partial charge in [-0.3, -0.25) is 19.7 Å². The van der Waals surface area contributed by atoms with Gasteiger partial charge in [0.15, 0.2) is 0 Å². The fourth-order valence-electron chi connectivity index (χ4n) is 1.35. The van der Waals surface area contributed by atoms with Crippen LogP contribution in [0.2, 0.25) is 0 Å². The highest BCUT2D eigenvalue weighted by Crippen LogP contribution is 2.29. The first-order valence-electron chi connectivity index (χ1n) is 5.71. The Bertz CT molecular complexity index is 568. The molecule has 0 unspecified atom stereocenters. The number of phenolic OH excluding ortho intramolecular Hbond substituents is 1. The van der Waals surface area contributed by atoms with Gasteiger partial charge in [-0.05, 0) is 19.9 Å². The number of nitro groups is 1. The molecule has 0 aliphatic heterocycles. The number of phenols is 1. The molecule has 8 nitrogen and oxygen atoms in total. The molecular weight excluding hydrogens is 266 g/mol. The van der Waals surface area contributed by atoms with E-state index in [4.69, 9.17) is 5.73 Å². The fourth-order valence-corrected chi connectivity index (χ4v) is 1.35. The zero-order valence-electron chi connectivity index (χ0n) is 11.0. The summed E-state index contributed by atoms with van der Waals surface area (Å²) in [5, 5.41) is 22.7. The minimum atomic E-state index is -0.966. The number of aromatic hydroxyl groups is 1. The van der Waals surface area contributed by atoms with E-state index >= 15 is 0 Å². The number of para-hydroxylation sites is 1. The number of rotatable bonds is 5. The third-order valence-corrected chi connectivity index (χ3v) is 2.81. The quantitative estimate of drug-likeness (QED) is 0.534. The van der Waals surface area contributed by atoms with Gasteiger partial charge in [0.25, 0.3) is 5.91 Å². The molecule has 0 aromatic heterocycles. The molecule has 1 aromatic carbocycles. The number of amides is 2. The molecule has 0 saturated heterocycles. The zero-order valence-corrected chi connectivity index (χ0v) is 11.0. The number of nitrogens with zero attached hydrogens (tertiary/aromatic N) is 1. The standard InChI is InChI=1S/C12H15N3O5/c1-12(2,11(13)18)6-14-10(17)7-4-3-5-8(9(7)16)15(19)20/h3-5,16H,6H2,1-2H3,(H2,13,18)(H,14,17). The number of primary amides is 1. The highest BCUT2D eigenvalue weighted by Gasteiger charge is 2.27. The molecule has 1 rings (SSSR count). The van der Waals surface area contributed by atoms with Crippen molar-refractivity contribution in [3.05, 3.63) is 33.9 Å². The van der Waals surface area contributed by atoms with E-state index in [2.05, 4.69) is 5.32 Å². The molecule has 8 heteroatoms. The molecule has 0 fully saturated rings. The first-order chi connectivity index (χ1) is 9.16. The Morgan fingerprint density at radius 2 is 2.05 bits per heavy atom. The molecule has 2 amide bonds. The van der Waals surface area contributed by atoms with Crippen molar-refractivity contribution in [2.24, 2.45) is 11.1 Å². The number of nitrogens with two attached hydrogens (primary N) is 1. The minimum Gasteiger partial charge on any atom is -0.502 e. The van der Waals surface area contributed by atoms with Gasteiger partial charge >= 0.3 is 5.69 Å². The van der Waals surface area contributed by atoms with E-state index in [1.807, 2.05) is 0 Å². The maximum atomic E-state index is 11.9. The first kappa shape index (κ1) is 15.4. The van der Waals surface area contributed by atoms with Crippen molar-refractivity contribution in [3.63, 3.8) is 0 Å². The summed E-state index contributed by atoms with van der Waals surface area (Å²) in [6.07, 6.45) is 0. The molecule has 0 atom stereocenters. The van der Waals surface area contributed by atoms with Gasteiger partial charge in [-0.15, -0.1) is 0 Å². The molecule has 0 bridgehead atoms. The lowest BCUT2D eigenvalue weighted by molar-refractivity contribution is -0.385. The van der Waals surface area contributed by atoms with Crippen LogP contribution in [0.4, 0.5) is 5.69 Å². The van der Waals surface area contributed by atoms with Crippen molar-refractivity contribution in [1.82, 2.24) is 5.32 Å². The van der Waals surface area contributed by atoms with Gasteiger partial charge in [0, 0.05) is 12.6 Å². The SMILES string of the molecule is CC(C)(CNC(=O)c1cccc([N+](=O)[O-])c1O)C(N)=O. The predicted octanol–water partition coefficient (Wildman–Crippen LogP) is 0.542. The highest BCUT2D eigenvalue weighted by atomic mass is 16.6. The summed E-state index contributed by atoms with van der Waals surface area (Å²) < 4.78 is 0. The summed E-state index contributed by atoms with van der Waals surface area (Å²) in [6, 6.07) is 3.61. The number of hydrogen-bond acceptors (Lipinski definition) is 5. The van der Waals surface area contributed by atoms with Crippen LogP contribution in [0.5, 0.6) is 5.75 Å². The van der Waals surface area contributed by atoms with Gasteiger partial charge in [0.1, 0.15) is 0 Å². The number of carbonyl (C=O) groups is 2. The summed E-state index contributed by atoms with van der Waals surface area (Å²) in [5.74, 6) is -2.03. The predicted molar refractivity (Wildman–Crippen MR) is 70.1 cm³/mol. The topological polar surface area (TPSA) is 136 Å². The number of hydrogen-bond donors (Lipinski definition) is 3. The van der Waals surface area contributed by atoms with Crippen molar-refractivity contribution in [3.8, 4) is 5.75 Å². The molecule has 0 aliphatic rings. The van der Waals surface area contributed by atoms with Gasteiger partial charge in [-0.1, -0.05) is 6.07 Å². The van der Waals surface area contributed by atoms with E-state index < -0.39 is 33.6 Å². The van der Waals surface area contributed by atoms with Gasteiger partial charge in [0.05, 0.1) is 15.9 Å². The molecular formula is C12H15N3O5. The van der Waals surface area contributed by atoms with Crippen LogP contribution >= 0.6 is 0 Å². The molecule has 0 saturated carbocycles. The Morgan fingerprint density at radius 1 is 1.45 bits per heavy atom. The minimum absolute atomic E-state index is 0.0523. The second kappa shape index (κ2) is 5.55. The van der Waals surface area contributed by atoms with E-state index in [-0.39, 0.29) is 12.1 Å². The lowest BCUT2D eigenvalue weighted by Gasteiger charge is -2.20. The average Bonchev–Trinajstić information content (AvgIpc) is 2.35. The maximum absolute atomic E-state index is 11.9. The van der Waals surface area contributed by atoms with Crippen molar-refractivity contribution in [2.45, 2.75) is 13.8 Å². The smallest absolute Gasteiger partial charge is 0.311 e. The molecule has 0 spiro atoms. The van der Waals surface area contributed by atoms with Gasteiger partial charge in [-0.2, -0.15) is 0 Å². The first-order valence-corrected chi connectivity index (χ1v) is 5.71. The van der Waals surface area contributed by atoms with Gasteiger partial charge in [-0.25, -0.2) is 0 Å². The highest BCUT2D eigenvalue weighted by molar-refractivity contribution is 5.98. The Hall–Kier alpha value is -2.64. The second-order valence-electron chi connectivity index (χ2n) is 4.86. The van der Waals surface area contributed by atoms with E-state index in [9.17, 15) is 24.8 Å². The van der Waals surface area contributed by atoms with Crippen molar-refractivity contribution in [2.75, 3.05) is 6.54 Å². The maximum Gasteiger partial charge on any atom is 0.311 e. The summed E-state index contributed by atoms with van der Waals surface area (Å²) in [4.78, 5) is 32.8. The molecule has 0 heterocycles. The second-order valence-corrected chi connectivity index (χ2v) is 4.86. The van der Waals surface area contributed by atoms with Gasteiger partial charge in [0.2, 0.25) is 11.7 Å². The van der Waals surface area contributed by atoms with Crippen LogP contribution < -0.4 is 11.1 Å². The lowest BCUT2D eigenvalue weighted by Crippen LogP contribution is -2.42. The van der Waals surface area contributed by atoms with Crippen LogP contribution in [0.25, 0.3) is 0 Å². The van der Waals surface area contributed by atoms with Crippen LogP contribution in [-0.4, -0.2) is 28.4 Å². The lowest BCUT2D eigenvalue weighted by atomic mass is 9.92. The number of nitro benzene ring substituents is 1. The fraction of sp³-hybridized carbons (Fsp3) is 0.333. The van der Waals surface area contributed by atoms with Crippen molar-refractivity contribution in [1.29, 1.82) is 0 Å². The van der Waals surface area contributed by atoms with Crippen LogP contribution in [0, 0.1) is 15.5 Å². The third-order valence-electron chi connectivity index (χ3n) is 2.81. The monoisotopic (exact) mass is 281 g/mol. The average molecular weight is 281 g/mol. The molecule has 4 N–H and O–H groups in total. The number of benzene rings is 1. The van der Waals surface area contributed by atoms with E-state index in [0.717, 1.165) is 6.07 Å². The molecule has 20 heavy (non-hydrogen) atoms. The summed E-state index contributed by atoms with van der Waals surface area (Å²) >= 11 is 0. The number of nitrogens with one attached hydrogen (secondary N) is 1. The van der Waals surface area contributed by atoms with E-state index in [1.165, 1.54) is 12.1 Å². The zero-order chi connectivity index (χ0) is 15.5. The summed E-state index contributed by atoms with van der Waals surface area (Å²) in [6.45, 7) is 3.04.